The second kappa shape index (κ2) is 5.26. The van der Waals surface area contributed by atoms with Crippen LogP contribution in [0.4, 0.5) is 0 Å². The molecule has 0 spiro atoms. The number of hydrogen-bond donors (Lipinski definition) is 2. The summed E-state index contributed by atoms with van der Waals surface area (Å²) in [5, 5.41) is 9.28. The highest BCUT2D eigenvalue weighted by Gasteiger charge is 2.43. The number of carboxylic acids is 1. The molecule has 0 aromatic rings. The van der Waals surface area contributed by atoms with Crippen molar-refractivity contribution in [2.24, 2.45) is 17.1 Å². The second-order valence-corrected chi connectivity index (χ2v) is 6.12. The van der Waals surface area contributed by atoms with Crippen molar-refractivity contribution in [1.82, 2.24) is 4.90 Å². The summed E-state index contributed by atoms with van der Waals surface area (Å²) in [6.45, 7) is 8.12. The Morgan fingerprint density at radius 3 is 2.39 bits per heavy atom. The number of rotatable bonds is 3. The van der Waals surface area contributed by atoms with Crippen molar-refractivity contribution in [1.29, 1.82) is 0 Å². The van der Waals surface area contributed by atoms with Gasteiger partial charge in [0, 0.05) is 6.54 Å². The molecule has 5 heteroatoms. The van der Waals surface area contributed by atoms with Gasteiger partial charge in [-0.3, -0.25) is 4.79 Å². The first-order chi connectivity index (χ1) is 8.20. The molecule has 0 saturated carbocycles. The Bertz CT molecular complexity index is 336. The molecule has 0 aliphatic carbocycles. The number of amides is 1. The van der Waals surface area contributed by atoms with Gasteiger partial charge >= 0.3 is 5.97 Å². The van der Waals surface area contributed by atoms with Gasteiger partial charge in [0.15, 0.2) is 0 Å². The van der Waals surface area contributed by atoms with Gasteiger partial charge in [0.05, 0.1) is 6.04 Å². The summed E-state index contributed by atoms with van der Waals surface area (Å²) < 4.78 is 0. The fourth-order valence-electron chi connectivity index (χ4n) is 2.42. The van der Waals surface area contributed by atoms with Crippen LogP contribution in [-0.2, 0) is 9.59 Å². The minimum absolute atomic E-state index is 0.0404. The maximum atomic E-state index is 12.3. The third-order valence-electron chi connectivity index (χ3n) is 3.78. The molecule has 0 aromatic heterocycles. The van der Waals surface area contributed by atoms with Crippen LogP contribution in [-0.4, -0.2) is 40.5 Å². The quantitative estimate of drug-likeness (QED) is 0.791. The lowest BCUT2D eigenvalue weighted by Gasteiger charge is -2.32. The van der Waals surface area contributed by atoms with Crippen LogP contribution in [0.25, 0.3) is 0 Å². The molecule has 2 unspecified atom stereocenters. The summed E-state index contributed by atoms with van der Waals surface area (Å²) >= 11 is 0. The van der Waals surface area contributed by atoms with Crippen LogP contribution >= 0.6 is 0 Å². The van der Waals surface area contributed by atoms with Crippen LogP contribution in [0.5, 0.6) is 0 Å². The first-order valence-electron chi connectivity index (χ1n) is 6.49. The molecule has 1 heterocycles. The summed E-state index contributed by atoms with van der Waals surface area (Å²) in [6, 6.07) is -1.37. The number of nitrogens with two attached hydrogens (primary N) is 1. The Kier molecular flexibility index (Phi) is 4.37. The van der Waals surface area contributed by atoms with Crippen molar-refractivity contribution < 1.29 is 14.7 Å². The molecule has 0 aromatic carbocycles. The molecular formula is C13H24N2O3. The molecule has 1 aliphatic heterocycles. The maximum Gasteiger partial charge on any atom is 0.326 e. The molecule has 3 N–H and O–H groups in total. The Balaban J connectivity index is 2.89. The highest BCUT2D eigenvalue weighted by Crippen LogP contribution is 2.29. The molecular weight excluding hydrogens is 232 g/mol. The van der Waals surface area contributed by atoms with Crippen molar-refractivity contribution in [2.75, 3.05) is 6.54 Å². The number of carbonyl (C=O) groups excluding carboxylic acids is 1. The predicted octanol–water partition coefficient (Wildman–Crippen LogP) is 1.07. The van der Waals surface area contributed by atoms with E-state index in [2.05, 4.69) is 0 Å². The second-order valence-electron chi connectivity index (χ2n) is 6.12. The van der Waals surface area contributed by atoms with Crippen molar-refractivity contribution in [3.63, 3.8) is 0 Å². The Morgan fingerprint density at radius 2 is 2.00 bits per heavy atom. The number of carbonyl (C=O) groups is 2. The Morgan fingerprint density at radius 1 is 1.44 bits per heavy atom. The van der Waals surface area contributed by atoms with Crippen LogP contribution < -0.4 is 5.73 Å². The van der Waals surface area contributed by atoms with Crippen molar-refractivity contribution in [2.45, 2.75) is 52.6 Å². The standard InChI is InChI=1S/C13H24N2O3/c1-5-8-6-7-15(9(8)12(17)18)11(16)10(14)13(2,3)4/h8-10H,5-7,14H2,1-4H3,(H,17,18)/t8?,9-,10?/m0/s1. The van der Waals surface area contributed by atoms with Crippen molar-refractivity contribution >= 4 is 11.9 Å². The lowest BCUT2D eigenvalue weighted by Crippen LogP contribution is -2.54. The molecule has 1 rings (SSSR count). The Hall–Kier alpha value is -1.10. The van der Waals surface area contributed by atoms with Crippen molar-refractivity contribution in [3.8, 4) is 0 Å². The van der Waals surface area contributed by atoms with Crippen LogP contribution in [0.1, 0.15) is 40.5 Å². The van der Waals surface area contributed by atoms with E-state index < -0.39 is 18.1 Å². The van der Waals surface area contributed by atoms with Gasteiger partial charge in [-0.2, -0.15) is 0 Å². The third-order valence-corrected chi connectivity index (χ3v) is 3.78. The van der Waals surface area contributed by atoms with E-state index in [0.29, 0.717) is 6.54 Å². The summed E-state index contributed by atoms with van der Waals surface area (Å²) in [4.78, 5) is 25.1. The predicted molar refractivity (Wildman–Crippen MR) is 69.0 cm³/mol. The molecule has 104 valence electrons. The largest absolute Gasteiger partial charge is 0.480 e. The zero-order valence-corrected chi connectivity index (χ0v) is 11.6. The first-order valence-corrected chi connectivity index (χ1v) is 6.49. The summed E-state index contributed by atoms with van der Waals surface area (Å²) in [5.74, 6) is -1.13. The van der Waals surface area contributed by atoms with Gasteiger partial charge in [0.2, 0.25) is 5.91 Å². The van der Waals surface area contributed by atoms with Gasteiger partial charge < -0.3 is 15.7 Å². The highest BCUT2D eigenvalue weighted by atomic mass is 16.4. The number of hydrogen-bond acceptors (Lipinski definition) is 3. The van der Waals surface area contributed by atoms with Gasteiger partial charge in [-0.05, 0) is 17.8 Å². The molecule has 0 radical (unpaired) electrons. The van der Waals surface area contributed by atoms with Gasteiger partial charge in [0.25, 0.3) is 0 Å². The first kappa shape index (κ1) is 15.0. The monoisotopic (exact) mass is 256 g/mol. The summed E-state index contributed by atoms with van der Waals surface area (Å²) in [6.07, 6.45) is 1.52. The van der Waals surface area contributed by atoms with Crippen molar-refractivity contribution in [3.05, 3.63) is 0 Å². The molecule has 5 nitrogen and oxygen atoms in total. The van der Waals surface area contributed by atoms with Gasteiger partial charge in [-0.25, -0.2) is 4.79 Å². The zero-order valence-electron chi connectivity index (χ0n) is 11.6. The summed E-state index contributed by atoms with van der Waals surface area (Å²) in [5.41, 5.74) is 5.58. The number of nitrogens with zero attached hydrogens (tertiary/aromatic N) is 1. The molecule has 1 fully saturated rings. The molecule has 1 amide bonds. The maximum absolute atomic E-state index is 12.3. The number of aliphatic carboxylic acids is 1. The molecule has 0 bridgehead atoms. The molecule has 18 heavy (non-hydrogen) atoms. The fraction of sp³-hybridized carbons (Fsp3) is 0.846. The normalized spacial score (nSPS) is 26.2. The van der Waals surface area contributed by atoms with E-state index >= 15 is 0 Å². The zero-order chi connectivity index (χ0) is 14.1. The van der Waals surface area contributed by atoms with E-state index in [1.165, 1.54) is 4.90 Å². The highest BCUT2D eigenvalue weighted by molar-refractivity contribution is 5.88. The molecule has 1 aliphatic rings. The molecule has 3 atom stereocenters. The van der Waals surface area contributed by atoms with Crippen LogP contribution in [0, 0.1) is 11.3 Å². The van der Waals surface area contributed by atoms with Gasteiger partial charge in [-0.1, -0.05) is 34.1 Å². The van der Waals surface area contributed by atoms with Gasteiger partial charge in [-0.15, -0.1) is 0 Å². The van der Waals surface area contributed by atoms with E-state index in [1.807, 2.05) is 27.7 Å². The topological polar surface area (TPSA) is 83.6 Å². The smallest absolute Gasteiger partial charge is 0.326 e. The van der Waals surface area contributed by atoms with E-state index in [-0.39, 0.29) is 17.2 Å². The average Bonchev–Trinajstić information content (AvgIpc) is 2.69. The average molecular weight is 256 g/mol. The van der Waals surface area contributed by atoms with E-state index in [1.54, 1.807) is 0 Å². The fourth-order valence-corrected chi connectivity index (χ4v) is 2.42. The minimum Gasteiger partial charge on any atom is -0.480 e. The van der Waals surface area contributed by atoms with E-state index in [0.717, 1.165) is 12.8 Å². The van der Waals surface area contributed by atoms with Crippen LogP contribution in [0.3, 0.4) is 0 Å². The van der Waals surface area contributed by atoms with Gasteiger partial charge in [0.1, 0.15) is 6.04 Å². The third kappa shape index (κ3) is 2.83. The van der Waals surface area contributed by atoms with Crippen LogP contribution in [0.2, 0.25) is 0 Å². The molecule has 1 saturated heterocycles. The minimum atomic E-state index is -0.922. The SMILES string of the molecule is CCC1CCN(C(=O)C(N)C(C)(C)C)[C@@H]1C(=O)O. The van der Waals surface area contributed by atoms with E-state index in [4.69, 9.17) is 5.73 Å². The number of likely N-dealkylation sites (tertiary alicyclic amines) is 1. The summed E-state index contributed by atoms with van der Waals surface area (Å²) in [7, 11) is 0. The Labute approximate surface area is 108 Å². The van der Waals surface area contributed by atoms with E-state index in [9.17, 15) is 14.7 Å². The lowest BCUT2D eigenvalue weighted by atomic mass is 9.86. The van der Waals surface area contributed by atoms with Crippen LogP contribution in [0.15, 0.2) is 0 Å². The number of carboxylic acid groups (broad SMARTS) is 1. The lowest BCUT2D eigenvalue weighted by molar-refractivity contribution is -0.151.